The molecule has 1 aromatic carbocycles. The van der Waals surface area contributed by atoms with Gasteiger partial charge in [0.25, 0.3) is 0 Å². The van der Waals surface area contributed by atoms with Crippen molar-refractivity contribution in [2.45, 2.75) is 32.4 Å². The predicted molar refractivity (Wildman–Crippen MR) is 96.7 cm³/mol. The number of halogens is 2. The molecule has 0 amide bonds. The van der Waals surface area contributed by atoms with Crippen LogP contribution in [0.1, 0.15) is 25.3 Å². The summed E-state index contributed by atoms with van der Waals surface area (Å²) in [7, 11) is 0. The van der Waals surface area contributed by atoms with Gasteiger partial charge in [-0.1, -0.05) is 6.07 Å². The van der Waals surface area contributed by atoms with Crippen molar-refractivity contribution in [3.05, 3.63) is 34.1 Å². The van der Waals surface area contributed by atoms with E-state index in [2.05, 4.69) is 31.6 Å². The van der Waals surface area contributed by atoms with Gasteiger partial charge in [-0.25, -0.2) is 9.38 Å². The van der Waals surface area contributed by atoms with Crippen LogP contribution in [0, 0.1) is 5.82 Å². The predicted octanol–water partition coefficient (Wildman–Crippen LogP) is 2.84. The number of nitrogens with zero attached hydrogens (tertiary/aromatic N) is 1. The van der Waals surface area contributed by atoms with Crippen molar-refractivity contribution < 1.29 is 13.9 Å². The standard InChI is InChI=1S/C17H25BrFN3O2/c1-2-20-17(21-7-3-8-24-14-6-9-23-12-14)22-11-13-4-5-15(18)16(19)10-13/h4-5,10,14H,2-3,6-9,11-12H2,1H3,(H2,20,21,22). The van der Waals surface area contributed by atoms with E-state index in [1.54, 1.807) is 6.07 Å². The van der Waals surface area contributed by atoms with Crippen LogP contribution in [0.25, 0.3) is 0 Å². The zero-order valence-corrected chi connectivity index (χ0v) is 15.6. The molecule has 1 aliphatic rings. The lowest BCUT2D eigenvalue weighted by molar-refractivity contribution is 0.0420. The average molecular weight is 402 g/mol. The van der Waals surface area contributed by atoms with E-state index in [9.17, 15) is 4.39 Å². The Bertz CT molecular complexity index is 537. The van der Waals surface area contributed by atoms with Gasteiger partial charge in [-0.3, -0.25) is 0 Å². The first-order valence-electron chi connectivity index (χ1n) is 8.34. The molecule has 0 radical (unpaired) electrons. The highest BCUT2D eigenvalue weighted by molar-refractivity contribution is 9.10. The Hall–Kier alpha value is -1.18. The van der Waals surface area contributed by atoms with Crippen molar-refractivity contribution in [3.63, 3.8) is 0 Å². The smallest absolute Gasteiger partial charge is 0.191 e. The van der Waals surface area contributed by atoms with Gasteiger partial charge in [0.05, 0.1) is 23.7 Å². The Morgan fingerprint density at radius 3 is 3.04 bits per heavy atom. The Morgan fingerprint density at radius 2 is 2.33 bits per heavy atom. The minimum atomic E-state index is -0.270. The topological polar surface area (TPSA) is 54.9 Å². The molecule has 1 heterocycles. The molecule has 1 aromatic rings. The Kier molecular flexibility index (Phi) is 8.49. The van der Waals surface area contributed by atoms with Crippen LogP contribution in [0.5, 0.6) is 0 Å². The molecule has 0 aliphatic carbocycles. The van der Waals surface area contributed by atoms with E-state index in [4.69, 9.17) is 9.47 Å². The van der Waals surface area contributed by atoms with Crippen LogP contribution in [0.15, 0.2) is 27.7 Å². The van der Waals surface area contributed by atoms with Gasteiger partial charge in [0.1, 0.15) is 5.82 Å². The van der Waals surface area contributed by atoms with Crippen LogP contribution in [0.3, 0.4) is 0 Å². The summed E-state index contributed by atoms with van der Waals surface area (Å²) in [4.78, 5) is 4.48. The van der Waals surface area contributed by atoms with Gasteiger partial charge >= 0.3 is 0 Å². The number of guanidine groups is 1. The summed E-state index contributed by atoms with van der Waals surface area (Å²) in [6, 6.07) is 5.05. The van der Waals surface area contributed by atoms with E-state index in [-0.39, 0.29) is 11.9 Å². The van der Waals surface area contributed by atoms with Gasteiger partial charge in [0.2, 0.25) is 0 Å². The second kappa shape index (κ2) is 10.6. The molecule has 0 bridgehead atoms. The summed E-state index contributed by atoms with van der Waals surface area (Å²) in [6.07, 6.45) is 2.13. The Morgan fingerprint density at radius 1 is 1.46 bits per heavy atom. The second-order valence-corrected chi connectivity index (χ2v) is 6.43. The molecule has 0 spiro atoms. The molecular weight excluding hydrogens is 377 g/mol. The molecule has 5 nitrogen and oxygen atoms in total. The molecule has 1 atom stereocenters. The van der Waals surface area contributed by atoms with Crippen LogP contribution >= 0.6 is 15.9 Å². The van der Waals surface area contributed by atoms with Crippen LogP contribution < -0.4 is 10.6 Å². The number of hydrogen-bond donors (Lipinski definition) is 2. The lowest BCUT2D eigenvalue weighted by atomic mass is 10.2. The molecule has 0 saturated carbocycles. The molecule has 1 aliphatic heterocycles. The lowest BCUT2D eigenvalue weighted by Crippen LogP contribution is -2.38. The van der Waals surface area contributed by atoms with E-state index in [1.807, 2.05) is 13.0 Å². The monoisotopic (exact) mass is 401 g/mol. The van der Waals surface area contributed by atoms with E-state index in [0.29, 0.717) is 24.2 Å². The first-order chi connectivity index (χ1) is 11.7. The maximum absolute atomic E-state index is 13.5. The molecule has 1 saturated heterocycles. The number of hydrogen-bond acceptors (Lipinski definition) is 3. The normalized spacial score (nSPS) is 18.0. The van der Waals surface area contributed by atoms with Gasteiger partial charge in [-0.15, -0.1) is 0 Å². The van der Waals surface area contributed by atoms with Gasteiger partial charge in [0.15, 0.2) is 5.96 Å². The lowest BCUT2D eigenvalue weighted by Gasteiger charge is -2.13. The van der Waals surface area contributed by atoms with Crippen molar-refractivity contribution in [1.82, 2.24) is 10.6 Å². The average Bonchev–Trinajstić information content (AvgIpc) is 3.08. The quantitative estimate of drug-likeness (QED) is 0.399. The summed E-state index contributed by atoms with van der Waals surface area (Å²) in [5, 5.41) is 6.45. The van der Waals surface area contributed by atoms with Gasteiger partial charge in [-0.05, 0) is 53.4 Å². The van der Waals surface area contributed by atoms with E-state index in [1.165, 1.54) is 6.07 Å². The summed E-state index contributed by atoms with van der Waals surface area (Å²) < 4.78 is 25.0. The van der Waals surface area contributed by atoms with Crippen molar-refractivity contribution in [2.75, 3.05) is 32.9 Å². The fourth-order valence-electron chi connectivity index (χ4n) is 2.32. The van der Waals surface area contributed by atoms with E-state index >= 15 is 0 Å². The van der Waals surface area contributed by atoms with Crippen LogP contribution in [-0.2, 0) is 16.0 Å². The van der Waals surface area contributed by atoms with Crippen molar-refractivity contribution in [1.29, 1.82) is 0 Å². The van der Waals surface area contributed by atoms with Crippen LogP contribution in [-0.4, -0.2) is 45.0 Å². The van der Waals surface area contributed by atoms with Crippen molar-refractivity contribution in [2.24, 2.45) is 4.99 Å². The molecule has 0 aromatic heterocycles. The minimum absolute atomic E-state index is 0.249. The molecule has 7 heteroatoms. The van der Waals surface area contributed by atoms with Crippen LogP contribution in [0.2, 0.25) is 0 Å². The van der Waals surface area contributed by atoms with Gasteiger partial charge < -0.3 is 20.1 Å². The molecule has 2 N–H and O–H groups in total. The maximum atomic E-state index is 13.5. The number of rotatable bonds is 8. The van der Waals surface area contributed by atoms with Gasteiger partial charge in [-0.2, -0.15) is 0 Å². The molecule has 134 valence electrons. The Labute approximate surface area is 151 Å². The Balaban J connectivity index is 1.72. The zero-order valence-electron chi connectivity index (χ0n) is 14.0. The zero-order chi connectivity index (χ0) is 17.2. The third-order valence-corrected chi connectivity index (χ3v) is 4.25. The molecular formula is C17H25BrFN3O2. The summed E-state index contributed by atoms with van der Waals surface area (Å²) in [6.45, 7) is 6.20. The van der Waals surface area contributed by atoms with Crippen molar-refractivity contribution >= 4 is 21.9 Å². The number of aliphatic imine (C=N–C) groups is 1. The van der Waals surface area contributed by atoms with Crippen molar-refractivity contribution in [3.8, 4) is 0 Å². The van der Waals surface area contributed by atoms with E-state index in [0.717, 1.165) is 44.1 Å². The highest BCUT2D eigenvalue weighted by atomic mass is 79.9. The number of nitrogens with one attached hydrogen (secondary N) is 2. The third-order valence-electron chi connectivity index (χ3n) is 3.60. The highest BCUT2D eigenvalue weighted by Gasteiger charge is 2.15. The summed E-state index contributed by atoms with van der Waals surface area (Å²) >= 11 is 3.15. The molecule has 2 rings (SSSR count). The number of benzene rings is 1. The van der Waals surface area contributed by atoms with Crippen LogP contribution in [0.4, 0.5) is 4.39 Å². The highest BCUT2D eigenvalue weighted by Crippen LogP contribution is 2.16. The molecule has 24 heavy (non-hydrogen) atoms. The first-order valence-corrected chi connectivity index (χ1v) is 9.13. The first kappa shape index (κ1) is 19.1. The largest absolute Gasteiger partial charge is 0.379 e. The third kappa shape index (κ3) is 6.75. The van der Waals surface area contributed by atoms with E-state index < -0.39 is 0 Å². The number of ether oxygens (including phenoxy) is 2. The summed E-state index contributed by atoms with van der Waals surface area (Å²) in [5.41, 5.74) is 0.831. The van der Waals surface area contributed by atoms with Gasteiger partial charge in [0, 0.05) is 26.3 Å². The maximum Gasteiger partial charge on any atom is 0.191 e. The summed E-state index contributed by atoms with van der Waals surface area (Å²) in [5.74, 6) is 0.457. The molecule has 1 unspecified atom stereocenters. The molecule has 1 fully saturated rings. The minimum Gasteiger partial charge on any atom is -0.379 e. The fourth-order valence-corrected chi connectivity index (χ4v) is 2.57. The fraction of sp³-hybridized carbons (Fsp3) is 0.588. The second-order valence-electron chi connectivity index (χ2n) is 5.58. The SMILES string of the molecule is CCNC(=NCc1ccc(Br)c(F)c1)NCCCOC1CCOC1.